The fourth-order valence-electron chi connectivity index (χ4n) is 5.63. The minimum absolute atomic E-state index is 0.0962. The van der Waals surface area contributed by atoms with E-state index in [4.69, 9.17) is 21.1 Å². The van der Waals surface area contributed by atoms with Crippen LogP contribution >= 0.6 is 11.6 Å². The molecule has 0 saturated carbocycles. The maximum atomic E-state index is 14.0. The largest absolute Gasteiger partial charge is 0.508 e. The number of fused-ring (bicyclic) bond motifs is 1. The number of benzene rings is 3. The van der Waals surface area contributed by atoms with Crippen molar-refractivity contribution in [2.75, 3.05) is 33.9 Å². The Labute approximate surface area is 241 Å². The first-order valence-corrected chi connectivity index (χ1v) is 14.0. The fourth-order valence-corrected chi connectivity index (χ4v) is 5.83. The van der Waals surface area contributed by atoms with Gasteiger partial charge >= 0.3 is 0 Å². The molecule has 3 aromatic carbocycles. The Morgan fingerprint density at radius 2 is 1.82 bits per heavy atom. The van der Waals surface area contributed by atoms with Crippen LogP contribution in [0.5, 0.6) is 17.2 Å². The second-order valence-electron chi connectivity index (χ2n) is 10.4. The molecule has 7 nitrogen and oxygen atoms in total. The normalized spacial score (nSPS) is 19.1. The lowest BCUT2D eigenvalue weighted by Gasteiger charge is -2.33. The third kappa shape index (κ3) is 6.44. The van der Waals surface area contributed by atoms with E-state index in [9.17, 15) is 9.90 Å². The number of hydrogen-bond acceptors (Lipinski definition) is 6. The summed E-state index contributed by atoms with van der Waals surface area (Å²) in [7, 11) is 3.27. The van der Waals surface area contributed by atoms with Crippen molar-refractivity contribution in [3.05, 3.63) is 94.0 Å². The van der Waals surface area contributed by atoms with Gasteiger partial charge in [0.2, 0.25) is 5.91 Å². The molecule has 1 amide bonds. The van der Waals surface area contributed by atoms with Gasteiger partial charge in [0, 0.05) is 49.4 Å². The van der Waals surface area contributed by atoms with Crippen LogP contribution in [0.15, 0.2) is 66.7 Å². The third-order valence-corrected chi connectivity index (χ3v) is 8.03. The molecular weight excluding hydrogens is 526 g/mol. The van der Waals surface area contributed by atoms with E-state index in [1.165, 1.54) is 5.56 Å². The van der Waals surface area contributed by atoms with Gasteiger partial charge in [0.05, 0.1) is 20.3 Å². The van der Waals surface area contributed by atoms with Gasteiger partial charge in [0.25, 0.3) is 0 Å². The second-order valence-corrected chi connectivity index (χ2v) is 10.8. The number of halogens is 1. The van der Waals surface area contributed by atoms with Crippen LogP contribution in [0.4, 0.5) is 0 Å². The number of amides is 1. The number of hydrogen-bond donors (Lipinski definition) is 2. The quantitative estimate of drug-likeness (QED) is 0.387. The number of likely N-dealkylation sites (tertiary alicyclic amines) is 1. The van der Waals surface area contributed by atoms with E-state index in [1.807, 2.05) is 35.2 Å². The number of carbonyl (C=O) groups excluding carboxylic acids is 1. The van der Waals surface area contributed by atoms with Crippen LogP contribution in [-0.4, -0.2) is 66.8 Å². The predicted molar refractivity (Wildman–Crippen MR) is 158 cm³/mol. The Morgan fingerprint density at radius 1 is 1.07 bits per heavy atom. The van der Waals surface area contributed by atoms with Crippen molar-refractivity contribution in [3.8, 4) is 17.2 Å². The van der Waals surface area contributed by atoms with Gasteiger partial charge in [0.1, 0.15) is 5.75 Å². The molecule has 0 aromatic heterocycles. The summed E-state index contributed by atoms with van der Waals surface area (Å²) in [6.45, 7) is 3.09. The van der Waals surface area contributed by atoms with E-state index in [2.05, 4.69) is 34.5 Å². The number of ether oxygens (including phenoxy) is 2. The molecule has 0 unspecified atom stereocenters. The number of methoxy groups -OCH3 is 2. The molecule has 2 aliphatic heterocycles. The number of carbonyl (C=O) groups is 1. The Balaban J connectivity index is 1.31. The summed E-state index contributed by atoms with van der Waals surface area (Å²) in [6, 6.07) is 19.1. The SMILES string of the molecule is COc1cc2c(cc1OC)CN(C(=O)[C@@H]1C[C@@H](NCc3cc(Cl)ccc3O)CN1C/C=C/c1ccccc1)CC2. The number of phenolic OH excluding ortho intramolecular Hbond substituents is 1. The molecule has 0 bridgehead atoms. The van der Waals surface area contributed by atoms with E-state index in [0.29, 0.717) is 49.1 Å². The molecule has 5 rings (SSSR count). The molecule has 0 aliphatic carbocycles. The van der Waals surface area contributed by atoms with Crippen LogP contribution in [0, 0.1) is 0 Å². The van der Waals surface area contributed by atoms with Gasteiger partial charge in [0.15, 0.2) is 11.5 Å². The smallest absolute Gasteiger partial charge is 0.240 e. The van der Waals surface area contributed by atoms with Gasteiger partial charge in [-0.25, -0.2) is 0 Å². The highest BCUT2D eigenvalue weighted by Crippen LogP contribution is 2.34. The Morgan fingerprint density at radius 3 is 2.58 bits per heavy atom. The lowest BCUT2D eigenvalue weighted by atomic mass is 9.98. The van der Waals surface area contributed by atoms with Crippen molar-refractivity contribution in [3.63, 3.8) is 0 Å². The zero-order chi connectivity index (χ0) is 28.1. The number of phenols is 1. The van der Waals surface area contributed by atoms with Gasteiger partial charge in [-0.3, -0.25) is 9.69 Å². The molecule has 40 heavy (non-hydrogen) atoms. The predicted octanol–water partition coefficient (Wildman–Crippen LogP) is 4.89. The second kappa shape index (κ2) is 12.8. The van der Waals surface area contributed by atoms with Crippen LogP contribution < -0.4 is 14.8 Å². The van der Waals surface area contributed by atoms with Crippen LogP contribution in [0.1, 0.15) is 28.7 Å². The van der Waals surface area contributed by atoms with Gasteiger partial charge in [-0.2, -0.15) is 0 Å². The molecule has 2 N–H and O–H groups in total. The van der Waals surface area contributed by atoms with Crippen LogP contribution in [-0.2, 0) is 24.3 Å². The van der Waals surface area contributed by atoms with Crippen LogP contribution in [0.3, 0.4) is 0 Å². The molecular formula is C32H36ClN3O4. The van der Waals surface area contributed by atoms with Crippen molar-refractivity contribution in [1.82, 2.24) is 15.1 Å². The highest BCUT2D eigenvalue weighted by molar-refractivity contribution is 6.30. The molecule has 1 fully saturated rings. The maximum Gasteiger partial charge on any atom is 0.240 e. The highest BCUT2D eigenvalue weighted by Gasteiger charge is 2.39. The van der Waals surface area contributed by atoms with Crippen molar-refractivity contribution in [1.29, 1.82) is 0 Å². The zero-order valence-corrected chi connectivity index (χ0v) is 23.7. The van der Waals surface area contributed by atoms with E-state index in [-0.39, 0.29) is 23.7 Å². The first kappa shape index (κ1) is 28.0. The lowest BCUT2D eigenvalue weighted by Crippen LogP contribution is -2.47. The Bertz CT molecular complexity index is 1360. The Kier molecular flexibility index (Phi) is 8.94. The molecule has 1 saturated heterocycles. The first-order chi connectivity index (χ1) is 19.4. The van der Waals surface area contributed by atoms with Crippen molar-refractivity contribution in [2.24, 2.45) is 0 Å². The topological polar surface area (TPSA) is 74.3 Å². The van der Waals surface area contributed by atoms with Gasteiger partial charge in [-0.1, -0.05) is 54.1 Å². The maximum absolute atomic E-state index is 14.0. The van der Waals surface area contributed by atoms with E-state index in [0.717, 1.165) is 29.7 Å². The molecule has 3 aromatic rings. The fraction of sp³-hybridized carbons (Fsp3) is 0.344. The van der Waals surface area contributed by atoms with Crippen molar-refractivity contribution >= 4 is 23.6 Å². The number of rotatable bonds is 9. The molecule has 2 aliphatic rings. The first-order valence-electron chi connectivity index (χ1n) is 13.6. The van der Waals surface area contributed by atoms with Gasteiger partial charge in [-0.15, -0.1) is 0 Å². The number of nitrogens with one attached hydrogen (secondary N) is 1. The van der Waals surface area contributed by atoms with E-state index in [1.54, 1.807) is 32.4 Å². The van der Waals surface area contributed by atoms with Crippen LogP contribution in [0.25, 0.3) is 6.08 Å². The molecule has 2 heterocycles. The average Bonchev–Trinajstić information content (AvgIpc) is 3.39. The summed E-state index contributed by atoms with van der Waals surface area (Å²) >= 11 is 6.15. The standard InChI is InChI=1S/C32H36ClN3O4/c1-39-30-16-23-12-14-36(20-25(23)17-31(30)40-2)32(38)28-18-27(34-19-24-15-26(33)10-11-29(24)37)21-35(28)13-6-9-22-7-4-3-5-8-22/h3-11,15-17,27-28,34,37H,12-14,18-21H2,1-2H3/b9-6+/t27-,28+/m1/s1. The molecule has 0 spiro atoms. The summed E-state index contributed by atoms with van der Waals surface area (Å²) in [5, 5.41) is 14.4. The molecule has 0 radical (unpaired) electrons. The summed E-state index contributed by atoms with van der Waals surface area (Å²) in [6.07, 6.45) is 5.69. The lowest BCUT2D eigenvalue weighted by molar-refractivity contribution is -0.136. The van der Waals surface area contributed by atoms with E-state index < -0.39 is 0 Å². The van der Waals surface area contributed by atoms with Gasteiger partial charge < -0.3 is 24.8 Å². The minimum Gasteiger partial charge on any atom is -0.508 e. The van der Waals surface area contributed by atoms with Crippen molar-refractivity contribution < 1.29 is 19.4 Å². The molecule has 210 valence electrons. The Hall–Kier alpha value is -3.52. The summed E-state index contributed by atoms with van der Waals surface area (Å²) in [4.78, 5) is 18.2. The van der Waals surface area contributed by atoms with Crippen LogP contribution in [0.2, 0.25) is 5.02 Å². The summed E-state index contributed by atoms with van der Waals surface area (Å²) < 4.78 is 11.0. The zero-order valence-electron chi connectivity index (χ0n) is 23.0. The monoisotopic (exact) mass is 561 g/mol. The number of nitrogens with zero attached hydrogens (tertiary/aromatic N) is 2. The summed E-state index contributed by atoms with van der Waals surface area (Å²) in [5.41, 5.74) is 4.16. The summed E-state index contributed by atoms with van der Waals surface area (Å²) in [5.74, 6) is 1.75. The minimum atomic E-state index is -0.243. The molecule has 2 atom stereocenters. The van der Waals surface area contributed by atoms with E-state index >= 15 is 0 Å². The third-order valence-electron chi connectivity index (χ3n) is 7.79. The van der Waals surface area contributed by atoms with Gasteiger partial charge in [-0.05, 0) is 59.9 Å². The number of aromatic hydroxyl groups is 1. The molecule has 8 heteroatoms. The highest BCUT2D eigenvalue weighted by atomic mass is 35.5. The average molecular weight is 562 g/mol. The van der Waals surface area contributed by atoms with Crippen molar-refractivity contribution in [2.45, 2.75) is 38.0 Å².